The lowest BCUT2D eigenvalue weighted by atomic mass is 9.69. The maximum absolute atomic E-state index is 13.3. The molecule has 2 atom stereocenters. The Morgan fingerprint density at radius 2 is 1.93 bits per heavy atom. The Kier molecular flexibility index (Phi) is 7.70. The normalized spacial score (nSPS) is 16.5. The SMILES string of the molecule is CC[C@@H]1CN(Cc2cc(C(c3ccc4c(nnn4C)c3C)C(C)(C)C(=O)OC)ccc2C)Cc2cc3cn(C)nc3cc2O1. The number of carbonyl (C=O) groups excluding carboxylic acids is 1. The molecule has 230 valence electrons. The summed E-state index contributed by atoms with van der Waals surface area (Å²) >= 11 is 0. The number of hydrogen-bond donors (Lipinski definition) is 0. The fourth-order valence-electron chi connectivity index (χ4n) is 6.81. The second-order valence-corrected chi connectivity index (χ2v) is 12.8. The number of methoxy groups -OCH3 is 1. The van der Waals surface area contributed by atoms with Crippen LogP contribution in [0.5, 0.6) is 5.75 Å². The summed E-state index contributed by atoms with van der Waals surface area (Å²) in [6, 6.07) is 15.1. The van der Waals surface area contributed by atoms with Gasteiger partial charge in [0.25, 0.3) is 0 Å². The van der Waals surface area contributed by atoms with Crippen molar-refractivity contribution in [3.63, 3.8) is 0 Å². The van der Waals surface area contributed by atoms with Crippen LogP contribution >= 0.6 is 0 Å². The van der Waals surface area contributed by atoms with E-state index in [1.165, 1.54) is 23.8 Å². The molecule has 0 N–H and O–H groups in total. The van der Waals surface area contributed by atoms with Crippen molar-refractivity contribution in [3.8, 4) is 5.75 Å². The van der Waals surface area contributed by atoms with Gasteiger partial charge in [-0.3, -0.25) is 14.4 Å². The van der Waals surface area contributed by atoms with Crippen molar-refractivity contribution in [2.45, 2.75) is 66.2 Å². The molecule has 0 saturated carbocycles. The minimum absolute atomic E-state index is 0.0771. The fraction of sp³-hybridized carbons (Fsp3) is 0.429. The van der Waals surface area contributed by atoms with Crippen LogP contribution in [0.15, 0.2) is 48.7 Å². The van der Waals surface area contributed by atoms with Crippen molar-refractivity contribution in [2.75, 3.05) is 13.7 Å². The van der Waals surface area contributed by atoms with Crippen LogP contribution in [0.1, 0.15) is 66.5 Å². The highest BCUT2D eigenvalue weighted by Crippen LogP contribution is 2.44. The van der Waals surface area contributed by atoms with Crippen LogP contribution in [0.2, 0.25) is 0 Å². The molecule has 1 unspecified atom stereocenters. The zero-order chi connectivity index (χ0) is 31.3. The standard InChI is InChI=1S/C35H42N6O3/c1-9-27-20-41(19-26-15-25-17-39(6)37-29(25)16-31(26)44-27)18-24-14-23(11-10-21(24)2)32(35(4,5)34(42)43-8)28-12-13-30-33(22(28)3)36-38-40(30)7/h10-17,27,32H,9,18-20H2,1-8H3/t27-,32?/m1/s1. The van der Waals surface area contributed by atoms with E-state index in [-0.39, 0.29) is 18.0 Å². The lowest BCUT2D eigenvalue weighted by Crippen LogP contribution is -2.34. The predicted molar refractivity (Wildman–Crippen MR) is 172 cm³/mol. The topological polar surface area (TPSA) is 87.3 Å². The van der Waals surface area contributed by atoms with Gasteiger partial charge in [-0.2, -0.15) is 5.10 Å². The Bertz CT molecular complexity index is 1870. The molecule has 1 aliphatic heterocycles. The molecule has 9 nitrogen and oxygen atoms in total. The third kappa shape index (κ3) is 5.23. The number of aromatic nitrogens is 5. The summed E-state index contributed by atoms with van der Waals surface area (Å²) in [6.45, 7) is 12.7. The van der Waals surface area contributed by atoms with Crippen LogP contribution in [0.4, 0.5) is 0 Å². The second-order valence-electron chi connectivity index (χ2n) is 12.8. The molecule has 1 aliphatic rings. The van der Waals surface area contributed by atoms with Crippen molar-refractivity contribution in [1.82, 2.24) is 29.7 Å². The van der Waals surface area contributed by atoms with E-state index in [1.54, 1.807) is 4.68 Å². The van der Waals surface area contributed by atoms with Gasteiger partial charge in [0.05, 0.1) is 23.6 Å². The van der Waals surface area contributed by atoms with Crippen LogP contribution in [0, 0.1) is 19.3 Å². The molecule has 0 fully saturated rings. The molecule has 3 heterocycles. The highest BCUT2D eigenvalue weighted by atomic mass is 16.5. The first-order valence-electron chi connectivity index (χ1n) is 15.3. The Balaban J connectivity index is 1.40. The molecule has 0 radical (unpaired) electrons. The van der Waals surface area contributed by atoms with Gasteiger partial charge in [-0.1, -0.05) is 36.4 Å². The maximum Gasteiger partial charge on any atom is 0.312 e. The zero-order valence-electron chi connectivity index (χ0n) is 27.0. The average molecular weight is 595 g/mol. The fourth-order valence-corrected chi connectivity index (χ4v) is 6.81. The maximum atomic E-state index is 13.3. The number of nitrogens with zero attached hydrogens (tertiary/aromatic N) is 6. The Morgan fingerprint density at radius 1 is 1.14 bits per heavy atom. The van der Waals surface area contributed by atoms with Gasteiger partial charge in [-0.15, -0.1) is 5.10 Å². The van der Waals surface area contributed by atoms with Crippen molar-refractivity contribution < 1.29 is 14.3 Å². The Labute approximate surface area is 258 Å². The number of rotatable bonds is 7. The van der Waals surface area contributed by atoms with E-state index < -0.39 is 5.41 Å². The predicted octanol–water partition coefficient (Wildman–Crippen LogP) is 5.98. The number of aryl methyl sites for hydroxylation is 4. The lowest BCUT2D eigenvalue weighted by Gasteiger charge is -2.34. The number of fused-ring (bicyclic) bond motifs is 3. The minimum atomic E-state index is -0.834. The molecule has 3 aromatic carbocycles. The molecule has 9 heteroatoms. The van der Waals surface area contributed by atoms with E-state index in [9.17, 15) is 4.79 Å². The second kappa shape index (κ2) is 11.4. The third-order valence-electron chi connectivity index (χ3n) is 9.33. The van der Waals surface area contributed by atoms with Crippen LogP contribution in [0.3, 0.4) is 0 Å². The molecular formula is C35H42N6O3. The van der Waals surface area contributed by atoms with E-state index >= 15 is 0 Å². The Hall–Kier alpha value is -4.24. The van der Waals surface area contributed by atoms with Crippen LogP contribution in [0.25, 0.3) is 21.9 Å². The summed E-state index contributed by atoms with van der Waals surface area (Å²) in [6.07, 6.45) is 3.04. The number of esters is 1. The first-order chi connectivity index (χ1) is 21.0. The number of hydrogen-bond acceptors (Lipinski definition) is 7. The summed E-state index contributed by atoms with van der Waals surface area (Å²) in [5.41, 5.74) is 8.68. The van der Waals surface area contributed by atoms with E-state index in [1.807, 2.05) is 38.7 Å². The van der Waals surface area contributed by atoms with Gasteiger partial charge in [0.2, 0.25) is 0 Å². The summed E-state index contributed by atoms with van der Waals surface area (Å²) in [5.74, 6) is 0.416. The summed E-state index contributed by atoms with van der Waals surface area (Å²) in [4.78, 5) is 15.8. The van der Waals surface area contributed by atoms with E-state index in [0.29, 0.717) is 0 Å². The Morgan fingerprint density at radius 3 is 2.68 bits per heavy atom. The average Bonchev–Trinajstić information content (AvgIpc) is 3.50. The van der Waals surface area contributed by atoms with E-state index in [2.05, 4.69) is 83.7 Å². The number of ether oxygens (including phenoxy) is 2. The van der Waals surface area contributed by atoms with Crippen LogP contribution < -0.4 is 4.74 Å². The highest BCUT2D eigenvalue weighted by Gasteiger charge is 2.41. The summed E-state index contributed by atoms with van der Waals surface area (Å²) in [5, 5.41) is 14.4. The smallest absolute Gasteiger partial charge is 0.312 e. The van der Waals surface area contributed by atoms with Crippen molar-refractivity contribution in [1.29, 1.82) is 0 Å². The molecule has 44 heavy (non-hydrogen) atoms. The third-order valence-corrected chi connectivity index (χ3v) is 9.33. The quantitative estimate of drug-likeness (QED) is 0.214. The van der Waals surface area contributed by atoms with E-state index in [4.69, 9.17) is 9.47 Å². The van der Waals surface area contributed by atoms with Gasteiger partial charge in [0.1, 0.15) is 17.4 Å². The molecule has 2 aromatic heterocycles. The largest absolute Gasteiger partial charge is 0.489 e. The van der Waals surface area contributed by atoms with Gasteiger partial charge >= 0.3 is 5.97 Å². The molecule has 5 aromatic rings. The van der Waals surface area contributed by atoms with Gasteiger partial charge in [0.15, 0.2) is 0 Å². The molecular weight excluding hydrogens is 552 g/mol. The lowest BCUT2D eigenvalue weighted by molar-refractivity contribution is -0.151. The first kappa shape index (κ1) is 29.8. The molecule has 0 amide bonds. The molecule has 0 aliphatic carbocycles. The minimum Gasteiger partial charge on any atom is -0.489 e. The molecule has 6 rings (SSSR count). The van der Waals surface area contributed by atoms with Gasteiger partial charge in [0, 0.05) is 62.9 Å². The van der Waals surface area contributed by atoms with Gasteiger partial charge in [-0.05, 0) is 74.1 Å². The van der Waals surface area contributed by atoms with Crippen molar-refractivity contribution in [2.24, 2.45) is 19.5 Å². The molecule has 0 spiro atoms. The van der Waals surface area contributed by atoms with Crippen LogP contribution in [-0.2, 0) is 36.7 Å². The zero-order valence-corrected chi connectivity index (χ0v) is 27.0. The molecule has 0 saturated heterocycles. The summed E-state index contributed by atoms with van der Waals surface area (Å²) < 4.78 is 15.5. The number of benzene rings is 3. The molecule has 0 bridgehead atoms. The van der Waals surface area contributed by atoms with Gasteiger partial charge in [-0.25, -0.2) is 4.68 Å². The van der Waals surface area contributed by atoms with Crippen molar-refractivity contribution in [3.05, 3.63) is 82.0 Å². The van der Waals surface area contributed by atoms with Gasteiger partial charge < -0.3 is 9.47 Å². The van der Waals surface area contributed by atoms with E-state index in [0.717, 1.165) is 70.4 Å². The number of carbonyl (C=O) groups is 1. The highest BCUT2D eigenvalue weighted by molar-refractivity contribution is 5.83. The monoisotopic (exact) mass is 594 g/mol. The summed E-state index contributed by atoms with van der Waals surface area (Å²) in [7, 11) is 5.30. The van der Waals surface area contributed by atoms with Crippen LogP contribution in [-0.4, -0.2) is 55.4 Å². The first-order valence-corrected chi connectivity index (χ1v) is 15.3. The van der Waals surface area contributed by atoms with Crippen molar-refractivity contribution >= 4 is 27.9 Å².